The molecular weight excluding hydrogens is 262 g/mol. The van der Waals surface area contributed by atoms with Gasteiger partial charge >= 0.3 is 0 Å². The van der Waals surface area contributed by atoms with Gasteiger partial charge in [0.2, 0.25) is 0 Å². The summed E-state index contributed by atoms with van der Waals surface area (Å²) < 4.78 is 14.3. The molecule has 0 amide bonds. The summed E-state index contributed by atoms with van der Waals surface area (Å²) in [5.74, 6) is 1.93. The summed E-state index contributed by atoms with van der Waals surface area (Å²) in [5.41, 5.74) is 0. The minimum atomic E-state index is -2.43. The molecule has 84 valence electrons. The molecule has 0 aromatic heterocycles. The Hall–Kier alpha value is 1.08. The molecule has 0 spiro atoms. The highest BCUT2D eigenvalue weighted by atomic mass is 35.5. The Morgan fingerprint density at radius 1 is 1.36 bits per heavy atom. The van der Waals surface area contributed by atoms with E-state index in [1.54, 1.807) is 0 Å². The van der Waals surface area contributed by atoms with E-state index in [4.69, 9.17) is 23.2 Å². The third-order valence-corrected chi connectivity index (χ3v) is 7.56. The summed E-state index contributed by atoms with van der Waals surface area (Å²) >= 11 is 12.8. The number of hydrogen-bond donors (Lipinski definition) is 1. The number of halogens is 2. The molecule has 0 radical (unpaired) electrons. The molecule has 0 aromatic rings. The summed E-state index contributed by atoms with van der Waals surface area (Å²) in [6, 6.07) is 0. The van der Waals surface area contributed by atoms with E-state index in [1.165, 1.54) is 11.4 Å². The Morgan fingerprint density at radius 2 is 2.00 bits per heavy atom. The standard InChI is InChI=1S/C7H15Cl2N2OPS/c8-2-5-11(6-3-9)13(12)10-4-1-7-14-13/h1-7H2,(H,10,12). The topological polar surface area (TPSA) is 32.3 Å². The van der Waals surface area contributed by atoms with Crippen LogP contribution in [0.25, 0.3) is 0 Å². The second-order valence-electron chi connectivity index (χ2n) is 2.95. The molecule has 0 aliphatic carbocycles. The molecule has 0 bridgehead atoms. The van der Waals surface area contributed by atoms with Gasteiger partial charge in [-0.05, 0) is 6.42 Å². The van der Waals surface area contributed by atoms with Crippen molar-refractivity contribution in [1.29, 1.82) is 0 Å². The van der Waals surface area contributed by atoms with Crippen LogP contribution in [0.15, 0.2) is 0 Å². The molecule has 1 aliphatic rings. The Morgan fingerprint density at radius 3 is 2.43 bits per heavy atom. The van der Waals surface area contributed by atoms with E-state index in [-0.39, 0.29) is 0 Å². The predicted molar refractivity (Wildman–Crippen MR) is 65.7 cm³/mol. The average Bonchev–Trinajstić information content (AvgIpc) is 2.19. The number of nitrogens with zero attached hydrogens (tertiary/aromatic N) is 1. The number of nitrogens with one attached hydrogen (secondary N) is 1. The molecule has 1 heterocycles. The van der Waals surface area contributed by atoms with Gasteiger partial charge in [-0.25, -0.2) is 9.76 Å². The fraction of sp³-hybridized carbons (Fsp3) is 1.00. The van der Waals surface area contributed by atoms with Gasteiger partial charge in [-0.15, -0.1) is 23.2 Å². The van der Waals surface area contributed by atoms with Crippen molar-refractivity contribution in [3.05, 3.63) is 0 Å². The molecule has 1 fully saturated rings. The molecule has 1 unspecified atom stereocenters. The molecule has 1 saturated heterocycles. The molecule has 0 saturated carbocycles. The van der Waals surface area contributed by atoms with Crippen LogP contribution in [0.3, 0.4) is 0 Å². The first-order chi connectivity index (χ1) is 6.73. The molecule has 1 N–H and O–H groups in total. The van der Waals surface area contributed by atoms with Crippen molar-refractivity contribution >= 4 is 41.2 Å². The van der Waals surface area contributed by atoms with E-state index in [9.17, 15) is 4.57 Å². The zero-order chi connectivity index (χ0) is 10.4. The summed E-state index contributed by atoms with van der Waals surface area (Å²) in [6.07, 6.45) is 1.07. The smallest absolute Gasteiger partial charge is 0.269 e. The lowest BCUT2D eigenvalue weighted by atomic mass is 10.5. The monoisotopic (exact) mass is 276 g/mol. The van der Waals surface area contributed by atoms with E-state index in [2.05, 4.69) is 5.09 Å². The summed E-state index contributed by atoms with van der Waals surface area (Å²) in [4.78, 5) is 0. The quantitative estimate of drug-likeness (QED) is 0.618. The van der Waals surface area contributed by atoms with E-state index in [0.717, 1.165) is 18.7 Å². The third-order valence-electron chi connectivity index (χ3n) is 1.96. The van der Waals surface area contributed by atoms with Crippen LogP contribution in [0, 0.1) is 0 Å². The predicted octanol–water partition coefficient (Wildman–Crippen LogP) is 2.60. The number of hydrogen-bond acceptors (Lipinski definition) is 2. The molecular formula is C7H15Cl2N2OPS. The normalized spacial score (nSPS) is 28.2. The van der Waals surface area contributed by atoms with Crippen LogP contribution in [0.2, 0.25) is 0 Å². The van der Waals surface area contributed by atoms with Gasteiger partial charge in [0, 0.05) is 37.1 Å². The molecule has 0 aromatic carbocycles. The second-order valence-corrected chi connectivity index (χ2v) is 8.55. The van der Waals surface area contributed by atoms with Crippen molar-refractivity contribution < 1.29 is 4.57 Å². The van der Waals surface area contributed by atoms with Crippen molar-refractivity contribution in [2.45, 2.75) is 6.42 Å². The maximum Gasteiger partial charge on any atom is 0.269 e. The van der Waals surface area contributed by atoms with Gasteiger partial charge in [0.15, 0.2) is 0 Å². The van der Waals surface area contributed by atoms with Gasteiger partial charge in [-0.2, -0.15) is 0 Å². The van der Waals surface area contributed by atoms with Gasteiger partial charge in [0.1, 0.15) is 0 Å². The van der Waals surface area contributed by atoms with Crippen LogP contribution >= 0.6 is 41.2 Å². The first kappa shape index (κ1) is 13.1. The van der Waals surface area contributed by atoms with Crippen molar-refractivity contribution in [2.24, 2.45) is 0 Å². The van der Waals surface area contributed by atoms with Crippen molar-refractivity contribution in [2.75, 3.05) is 37.1 Å². The van der Waals surface area contributed by atoms with Crippen LogP contribution in [0.5, 0.6) is 0 Å². The van der Waals surface area contributed by atoms with E-state index < -0.39 is 6.65 Å². The molecule has 1 rings (SSSR count). The minimum Gasteiger partial charge on any atom is -0.277 e. The molecule has 14 heavy (non-hydrogen) atoms. The molecule has 1 aliphatic heterocycles. The molecule has 3 nitrogen and oxygen atoms in total. The first-order valence-electron chi connectivity index (χ1n) is 4.60. The average molecular weight is 277 g/mol. The third kappa shape index (κ3) is 3.58. The number of alkyl halides is 2. The van der Waals surface area contributed by atoms with Crippen LogP contribution < -0.4 is 5.09 Å². The van der Waals surface area contributed by atoms with E-state index in [1.807, 2.05) is 4.67 Å². The Bertz CT molecular complexity index is 204. The SMILES string of the molecule is O=P1(N(CCCl)CCCl)NCCCS1. The highest BCUT2D eigenvalue weighted by molar-refractivity contribution is 8.56. The van der Waals surface area contributed by atoms with Gasteiger partial charge in [0.05, 0.1) is 0 Å². The zero-order valence-electron chi connectivity index (χ0n) is 7.92. The van der Waals surface area contributed by atoms with Crippen LogP contribution in [0.1, 0.15) is 6.42 Å². The maximum atomic E-state index is 12.4. The van der Waals surface area contributed by atoms with Gasteiger partial charge < -0.3 is 0 Å². The van der Waals surface area contributed by atoms with Crippen LogP contribution in [-0.4, -0.2) is 41.8 Å². The first-order valence-corrected chi connectivity index (χ1v) is 8.92. The Labute approximate surface area is 99.1 Å². The second kappa shape index (κ2) is 6.62. The highest BCUT2D eigenvalue weighted by Gasteiger charge is 2.32. The maximum absolute atomic E-state index is 12.4. The van der Waals surface area contributed by atoms with Crippen molar-refractivity contribution in [1.82, 2.24) is 9.76 Å². The Balaban J connectivity index is 2.58. The van der Waals surface area contributed by atoms with Crippen LogP contribution in [-0.2, 0) is 4.57 Å². The lowest BCUT2D eigenvalue weighted by Gasteiger charge is -2.33. The highest BCUT2D eigenvalue weighted by Crippen LogP contribution is 2.59. The van der Waals surface area contributed by atoms with Crippen molar-refractivity contribution in [3.8, 4) is 0 Å². The number of rotatable bonds is 5. The zero-order valence-corrected chi connectivity index (χ0v) is 11.1. The largest absolute Gasteiger partial charge is 0.277 e. The fourth-order valence-corrected chi connectivity index (χ4v) is 6.72. The molecule has 7 heteroatoms. The van der Waals surface area contributed by atoms with E-state index in [0.29, 0.717) is 24.8 Å². The molecule has 1 atom stereocenters. The van der Waals surface area contributed by atoms with Gasteiger partial charge in [-0.1, -0.05) is 11.4 Å². The van der Waals surface area contributed by atoms with Crippen LogP contribution in [0.4, 0.5) is 0 Å². The van der Waals surface area contributed by atoms with Gasteiger partial charge in [-0.3, -0.25) is 4.57 Å². The summed E-state index contributed by atoms with van der Waals surface area (Å²) in [7, 11) is 0. The van der Waals surface area contributed by atoms with Gasteiger partial charge in [0.25, 0.3) is 6.65 Å². The van der Waals surface area contributed by atoms with Crippen molar-refractivity contribution in [3.63, 3.8) is 0 Å². The summed E-state index contributed by atoms with van der Waals surface area (Å²) in [6.45, 7) is -0.340. The fourth-order valence-electron chi connectivity index (χ4n) is 1.28. The van der Waals surface area contributed by atoms with E-state index >= 15 is 0 Å². The Kier molecular flexibility index (Phi) is 6.21. The summed E-state index contributed by atoms with van der Waals surface area (Å²) in [5, 5.41) is 3.09. The lowest BCUT2D eigenvalue weighted by Crippen LogP contribution is -2.32. The minimum absolute atomic E-state index is 0.489. The lowest BCUT2D eigenvalue weighted by molar-refractivity contribution is 0.448.